The van der Waals surface area contributed by atoms with Gasteiger partial charge in [0.15, 0.2) is 11.1 Å². The third-order valence-electron chi connectivity index (χ3n) is 4.01. The van der Waals surface area contributed by atoms with Gasteiger partial charge in [-0.15, -0.1) is 29.1 Å². The number of terminal acetylenes is 1. The van der Waals surface area contributed by atoms with Crippen molar-refractivity contribution in [3.8, 4) is 34.0 Å². The molecular weight excluding hydrogens is 386 g/mol. The van der Waals surface area contributed by atoms with Gasteiger partial charge >= 0.3 is 0 Å². The molecule has 0 spiro atoms. The number of nitrogens with two attached hydrogens (primary N) is 1. The Labute approximate surface area is 173 Å². The predicted octanol–water partition coefficient (Wildman–Crippen LogP) is 4.89. The molecule has 4 rings (SSSR count). The molecule has 4 N–H and O–H groups in total. The Balaban J connectivity index is 0.00000109. The van der Waals surface area contributed by atoms with E-state index in [4.69, 9.17) is 12.2 Å². The number of guanidine groups is 1. The van der Waals surface area contributed by atoms with E-state index >= 15 is 0 Å². The van der Waals surface area contributed by atoms with Crippen LogP contribution in [0, 0.1) is 12.3 Å². The maximum Gasteiger partial charge on any atom is 0.197 e. The number of benzene rings is 1. The summed E-state index contributed by atoms with van der Waals surface area (Å²) in [5.41, 5.74) is 10.6. The lowest BCUT2D eigenvalue weighted by Crippen LogP contribution is -2.35. The van der Waals surface area contributed by atoms with Gasteiger partial charge in [0.1, 0.15) is 0 Å². The molecule has 0 aliphatic carbocycles. The van der Waals surface area contributed by atoms with Gasteiger partial charge in [0, 0.05) is 51.1 Å². The molecule has 0 unspecified atom stereocenters. The van der Waals surface area contributed by atoms with Crippen molar-refractivity contribution in [1.82, 2.24) is 10.3 Å². The van der Waals surface area contributed by atoms with E-state index in [1.54, 1.807) is 22.7 Å². The predicted molar refractivity (Wildman–Crippen MR) is 123 cm³/mol. The summed E-state index contributed by atoms with van der Waals surface area (Å²) < 4.78 is 0. The number of nitrogens with one attached hydrogen (secondary N) is 2. The first-order valence-electron chi connectivity index (χ1n) is 9.19. The number of rotatable bonds is 3. The molecule has 28 heavy (non-hydrogen) atoms. The lowest BCUT2D eigenvalue weighted by molar-refractivity contribution is 0.740. The average molecular weight is 410 g/mol. The maximum atomic E-state index is 6.15. The number of anilines is 2. The van der Waals surface area contributed by atoms with Crippen molar-refractivity contribution >= 4 is 39.5 Å². The molecule has 3 aromatic rings. The summed E-state index contributed by atoms with van der Waals surface area (Å²) in [4.78, 5) is 10.2. The summed E-state index contributed by atoms with van der Waals surface area (Å²) in [6.45, 7) is 5.79. The number of hydrogen-bond donors (Lipinski definition) is 3. The molecule has 2 aromatic heterocycles. The first kappa shape index (κ1) is 19.9. The Morgan fingerprint density at radius 1 is 1.21 bits per heavy atom. The fraction of sp³-hybridized carbons (Fsp3) is 0.238. The molecule has 0 radical (unpaired) electrons. The van der Waals surface area contributed by atoms with Crippen LogP contribution < -0.4 is 16.4 Å². The fourth-order valence-corrected chi connectivity index (χ4v) is 4.34. The highest BCUT2D eigenvalue weighted by atomic mass is 32.1. The van der Waals surface area contributed by atoms with Gasteiger partial charge in [-0.2, -0.15) is 0 Å². The van der Waals surface area contributed by atoms with Crippen LogP contribution in [0.4, 0.5) is 10.8 Å². The Morgan fingerprint density at radius 3 is 2.79 bits per heavy atom. The number of aromatic nitrogens is 1. The Morgan fingerprint density at radius 2 is 2.07 bits per heavy atom. The Bertz CT molecular complexity index is 1010. The van der Waals surface area contributed by atoms with Crippen LogP contribution in [0.15, 0.2) is 40.0 Å². The fourth-order valence-electron chi connectivity index (χ4n) is 2.67. The third kappa shape index (κ3) is 4.53. The van der Waals surface area contributed by atoms with Gasteiger partial charge in [0.05, 0.1) is 5.69 Å². The summed E-state index contributed by atoms with van der Waals surface area (Å²) in [7, 11) is 0. The van der Waals surface area contributed by atoms with Crippen LogP contribution in [0.25, 0.3) is 21.7 Å². The zero-order chi connectivity index (χ0) is 19.9. The summed E-state index contributed by atoms with van der Waals surface area (Å²) in [6, 6.07) is 7.83. The maximum absolute atomic E-state index is 6.15. The molecule has 0 saturated heterocycles. The molecule has 7 heteroatoms. The SMILES string of the molecule is C#Cc1ccc(-c2cc(-c3csc(NC4=NCCCN4)n3)cs2)c(N)c1.CC. The second kappa shape index (κ2) is 9.40. The molecule has 1 aliphatic heterocycles. The zero-order valence-electron chi connectivity index (χ0n) is 16.0. The van der Waals surface area contributed by atoms with E-state index in [1.807, 2.05) is 37.4 Å². The van der Waals surface area contributed by atoms with Crippen molar-refractivity contribution in [2.24, 2.45) is 4.99 Å². The summed E-state index contributed by atoms with van der Waals surface area (Å²) >= 11 is 3.21. The van der Waals surface area contributed by atoms with Crippen LogP contribution in [-0.4, -0.2) is 24.0 Å². The topological polar surface area (TPSA) is 75.3 Å². The monoisotopic (exact) mass is 409 g/mol. The highest BCUT2D eigenvalue weighted by Gasteiger charge is 2.12. The van der Waals surface area contributed by atoms with Gasteiger partial charge in [0.25, 0.3) is 0 Å². The van der Waals surface area contributed by atoms with E-state index in [9.17, 15) is 0 Å². The molecule has 1 aliphatic rings. The minimum Gasteiger partial charge on any atom is -0.398 e. The zero-order valence-corrected chi connectivity index (χ0v) is 17.6. The number of nitrogens with zero attached hydrogens (tertiary/aromatic N) is 2. The smallest absolute Gasteiger partial charge is 0.197 e. The summed E-state index contributed by atoms with van der Waals surface area (Å²) in [5.74, 6) is 3.40. The second-order valence-corrected chi connectivity index (χ2v) is 7.59. The molecule has 5 nitrogen and oxygen atoms in total. The molecular formula is C21H23N5S2. The largest absolute Gasteiger partial charge is 0.398 e. The van der Waals surface area contributed by atoms with Crippen molar-refractivity contribution < 1.29 is 0 Å². The minimum absolute atomic E-state index is 0.691. The van der Waals surface area contributed by atoms with E-state index in [-0.39, 0.29) is 0 Å². The van der Waals surface area contributed by atoms with Crippen molar-refractivity contribution in [3.05, 3.63) is 40.6 Å². The second-order valence-electron chi connectivity index (χ2n) is 5.82. The third-order valence-corrected chi connectivity index (χ3v) is 5.73. The number of hydrogen-bond acceptors (Lipinski definition) is 7. The number of thiazole rings is 1. The van der Waals surface area contributed by atoms with Crippen molar-refractivity contribution in [3.63, 3.8) is 0 Å². The van der Waals surface area contributed by atoms with Crippen molar-refractivity contribution in [2.75, 3.05) is 24.1 Å². The molecule has 1 aromatic carbocycles. The van der Waals surface area contributed by atoms with Crippen LogP contribution in [0.1, 0.15) is 25.8 Å². The molecule has 0 fully saturated rings. The molecule has 0 saturated carbocycles. The normalized spacial score (nSPS) is 12.8. The quantitative estimate of drug-likeness (QED) is 0.425. The standard InChI is InChI=1S/C19H17N5S2.C2H6/c1-2-12-4-5-14(15(20)8-12)17-9-13(10-25-17)16-11-26-19(23-16)24-18-21-6-3-7-22-18;1-2/h1,4-5,8-11H,3,6-7,20H2,(H2,21,22,23,24);1-2H3. The van der Waals surface area contributed by atoms with Gasteiger partial charge in [-0.3, -0.25) is 4.99 Å². The van der Waals surface area contributed by atoms with Crippen LogP contribution in [-0.2, 0) is 0 Å². The van der Waals surface area contributed by atoms with E-state index < -0.39 is 0 Å². The van der Waals surface area contributed by atoms with Crippen LogP contribution in [0.3, 0.4) is 0 Å². The minimum atomic E-state index is 0.691. The molecule has 144 valence electrons. The van der Waals surface area contributed by atoms with Gasteiger partial charge < -0.3 is 16.4 Å². The van der Waals surface area contributed by atoms with Gasteiger partial charge in [-0.25, -0.2) is 4.98 Å². The highest BCUT2D eigenvalue weighted by molar-refractivity contribution is 7.15. The van der Waals surface area contributed by atoms with E-state index in [1.165, 1.54) is 0 Å². The molecule has 0 amide bonds. The molecule has 3 heterocycles. The van der Waals surface area contributed by atoms with Crippen molar-refractivity contribution in [1.29, 1.82) is 0 Å². The number of nitrogen functional groups attached to an aromatic ring is 1. The summed E-state index contributed by atoms with van der Waals surface area (Å²) in [5, 5.41) is 11.5. The molecule has 0 atom stereocenters. The van der Waals surface area contributed by atoms with Crippen LogP contribution >= 0.6 is 22.7 Å². The lowest BCUT2D eigenvalue weighted by Gasteiger charge is -2.14. The van der Waals surface area contributed by atoms with E-state index in [2.05, 4.69) is 38.0 Å². The lowest BCUT2D eigenvalue weighted by atomic mass is 10.1. The van der Waals surface area contributed by atoms with Gasteiger partial charge in [-0.1, -0.05) is 25.8 Å². The average Bonchev–Trinajstić information content (AvgIpc) is 3.40. The Hall–Kier alpha value is -2.82. The first-order valence-corrected chi connectivity index (χ1v) is 10.9. The molecule has 0 bridgehead atoms. The first-order chi connectivity index (χ1) is 13.7. The Kier molecular flexibility index (Phi) is 6.69. The highest BCUT2D eigenvalue weighted by Crippen LogP contribution is 2.36. The van der Waals surface area contributed by atoms with E-state index in [0.717, 1.165) is 57.9 Å². The van der Waals surface area contributed by atoms with Crippen LogP contribution in [0.2, 0.25) is 0 Å². The van der Waals surface area contributed by atoms with Crippen molar-refractivity contribution in [2.45, 2.75) is 20.3 Å². The van der Waals surface area contributed by atoms with Gasteiger partial charge in [0.2, 0.25) is 0 Å². The van der Waals surface area contributed by atoms with Gasteiger partial charge in [-0.05, 0) is 24.6 Å². The summed E-state index contributed by atoms with van der Waals surface area (Å²) in [6.07, 6.45) is 6.49. The number of aliphatic imine (C=N–C) groups is 1. The van der Waals surface area contributed by atoms with Crippen LogP contribution in [0.5, 0.6) is 0 Å². The van der Waals surface area contributed by atoms with E-state index in [0.29, 0.717) is 5.69 Å². The number of thiophene rings is 1.